The molecule has 5 nitrogen and oxygen atoms in total. The Labute approximate surface area is 86.0 Å². The Morgan fingerprint density at radius 2 is 2.57 bits per heavy atom. The highest BCUT2D eigenvalue weighted by Crippen LogP contribution is 2.23. The number of carbonyl (C=O) groups is 1. The summed E-state index contributed by atoms with van der Waals surface area (Å²) in [7, 11) is 0. The molecule has 2 N–H and O–H groups in total. The van der Waals surface area contributed by atoms with Gasteiger partial charge in [-0.05, 0) is 11.7 Å². The van der Waals surface area contributed by atoms with Crippen molar-refractivity contribution >= 4 is 17.7 Å². The van der Waals surface area contributed by atoms with Crippen LogP contribution in [0.15, 0.2) is 6.20 Å². The van der Waals surface area contributed by atoms with Gasteiger partial charge in [0.1, 0.15) is 0 Å². The van der Waals surface area contributed by atoms with E-state index in [4.69, 9.17) is 0 Å². The zero-order valence-electron chi connectivity index (χ0n) is 7.86. The van der Waals surface area contributed by atoms with Crippen LogP contribution >= 0.6 is 11.8 Å². The quantitative estimate of drug-likeness (QED) is 0.739. The molecule has 2 rings (SSSR count). The van der Waals surface area contributed by atoms with Gasteiger partial charge in [-0.3, -0.25) is 4.79 Å². The maximum absolute atomic E-state index is 11.6. The highest BCUT2D eigenvalue weighted by Gasteiger charge is 2.26. The molecule has 1 aromatic rings. The molecule has 6 heteroatoms. The molecule has 1 aliphatic rings. The number of hydrogen-bond donors (Lipinski definition) is 2. The zero-order valence-corrected chi connectivity index (χ0v) is 8.67. The number of H-pyrrole nitrogens is 1. The van der Waals surface area contributed by atoms with Crippen molar-refractivity contribution in [1.82, 2.24) is 20.7 Å². The number of aromatic amines is 1. The van der Waals surface area contributed by atoms with E-state index in [2.05, 4.69) is 27.7 Å². The minimum Gasteiger partial charge on any atom is -0.347 e. The monoisotopic (exact) mass is 212 g/mol. The maximum atomic E-state index is 11.6. The Morgan fingerprint density at radius 1 is 1.71 bits per heavy atom. The van der Waals surface area contributed by atoms with Gasteiger partial charge in [-0.15, -0.1) is 0 Å². The zero-order chi connectivity index (χ0) is 9.97. The molecule has 0 spiro atoms. The average Bonchev–Trinajstić information content (AvgIpc) is 2.77. The Hall–Kier alpha value is -1.04. The van der Waals surface area contributed by atoms with Crippen molar-refractivity contribution in [3.63, 3.8) is 0 Å². The van der Waals surface area contributed by atoms with E-state index in [0.29, 0.717) is 11.6 Å². The van der Waals surface area contributed by atoms with E-state index in [0.717, 1.165) is 11.5 Å². The molecule has 1 fully saturated rings. The third-order valence-electron chi connectivity index (χ3n) is 2.33. The van der Waals surface area contributed by atoms with Crippen molar-refractivity contribution in [3.05, 3.63) is 11.9 Å². The van der Waals surface area contributed by atoms with E-state index in [1.165, 1.54) is 6.20 Å². The maximum Gasteiger partial charge on any atom is 0.273 e. The number of thioether (sulfide) groups is 1. The van der Waals surface area contributed by atoms with Gasteiger partial charge in [-0.1, -0.05) is 6.92 Å². The Bertz CT molecular complexity index is 313. The molecule has 0 aromatic carbocycles. The van der Waals surface area contributed by atoms with Crippen LogP contribution in [0.3, 0.4) is 0 Å². The molecule has 1 aromatic heterocycles. The minimum absolute atomic E-state index is 0.141. The molecule has 2 heterocycles. The van der Waals surface area contributed by atoms with Crippen LogP contribution < -0.4 is 5.32 Å². The molecule has 0 saturated carbocycles. The van der Waals surface area contributed by atoms with Crippen LogP contribution in [0.1, 0.15) is 17.4 Å². The summed E-state index contributed by atoms with van der Waals surface area (Å²) in [5.74, 6) is 2.50. The molecular formula is C8H12N4OS. The van der Waals surface area contributed by atoms with Gasteiger partial charge in [0, 0.05) is 11.8 Å². The lowest BCUT2D eigenvalue weighted by atomic mass is 10.1. The molecule has 0 bridgehead atoms. The smallest absolute Gasteiger partial charge is 0.273 e. The second-order valence-corrected chi connectivity index (χ2v) is 4.52. The van der Waals surface area contributed by atoms with Gasteiger partial charge >= 0.3 is 0 Å². The molecule has 1 amide bonds. The second kappa shape index (κ2) is 4.00. The fourth-order valence-electron chi connectivity index (χ4n) is 1.40. The van der Waals surface area contributed by atoms with Crippen molar-refractivity contribution in [1.29, 1.82) is 0 Å². The summed E-state index contributed by atoms with van der Waals surface area (Å²) in [6.07, 6.45) is 1.43. The number of amides is 1. The van der Waals surface area contributed by atoms with Gasteiger partial charge in [-0.25, -0.2) is 0 Å². The first-order chi connectivity index (χ1) is 6.77. The van der Waals surface area contributed by atoms with Gasteiger partial charge in [0.25, 0.3) is 5.91 Å². The topological polar surface area (TPSA) is 70.7 Å². The van der Waals surface area contributed by atoms with Crippen molar-refractivity contribution in [2.24, 2.45) is 5.92 Å². The van der Waals surface area contributed by atoms with E-state index in [9.17, 15) is 4.79 Å². The number of nitrogens with zero attached hydrogens (tertiary/aromatic N) is 2. The normalized spacial score (nSPS) is 26.4. The lowest BCUT2D eigenvalue weighted by molar-refractivity contribution is 0.0928. The minimum atomic E-state index is -0.141. The molecule has 2 atom stereocenters. The molecule has 0 radical (unpaired) electrons. The van der Waals surface area contributed by atoms with E-state index < -0.39 is 0 Å². The Kier molecular flexibility index (Phi) is 2.72. The standard InChI is InChI=1S/C8H12N4OS/c1-5-3-14-4-7(5)10-8(13)6-2-9-12-11-6/h2,5,7H,3-4H2,1H3,(H,10,13)(H,9,11,12). The lowest BCUT2D eigenvalue weighted by Gasteiger charge is -2.14. The molecule has 2 unspecified atom stereocenters. The third-order valence-corrected chi connectivity index (χ3v) is 3.69. The molecule has 1 saturated heterocycles. The van der Waals surface area contributed by atoms with Crippen LogP contribution in [-0.2, 0) is 0 Å². The summed E-state index contributed by atoms with van der Waals surface area (Å²) in [6.45, 7) is 2.15. The highest BCUT2D eigenvalue weighted by molar-refractivity contribution is 7.99. The van der Waals surface area contributed by atoms with Gasteiger partial charge < -0.3 is 5.32 Å². The Balaban J connectivity index is 1.95. The second-order valence-electron chi connectivity index (χ2n) is 3.45. The molecular weight excluding hydrogens is 200 g/mol. The predicted octanol–water partition coefficient (Wildman–Crippen LogP) is 0.286. The third kappa shape index (κ3) is 1.89. The summed E-state index contributed by atoms with van der Waals surface area (Å²) in [5, 5.41) is 12.7. The van der Waals surface area contributed by atoms with Gasteiger partial charge in [0.05, 0.1) is 6.20 Å². The van der Waals surface area contributed by atoms with Gasteiger partial charge in [-0.2, -0.15) is 27.2 Å². The van der Waals surface area contributed by atoms with Crippen LogP contribution in [0.4, 0.5) is 0 Å². The summed E-state index contributed by atoms with van der Waals surface area (Å²) in [6, 6.07) is 0.268. The van der Waals surface area contributed by atoms with Crippen LogP contribution in [0.5, 0.6) is 0 Å². The van der Waals surface area contributed by atoms with E-state index >= 15 is 0 Å². The summed E-state index contributed by atoms with van der Waals surface area (Å²) in [5.41, 5.74) is 0.356. The van der Waals surface area contributed by atoms with E-state index in [1.807, 2.05) is 11.8 Å². The first kappa shape index (κ1) is 9.51. The SMILES string of the molecule is CC1CSCC1NC(=O)c1cn[nH]n1. The van der Waals surface area contributed by atoms with Crippen LogP contribution in [0.2, 0.25) is 0 Å². The fourth-order valence-corrected chi connectivity index (χ4v) is 2.80. The first-order valence-electron chi connectivity index (χ1n) is 4.52. The van der Waals surface area contributed by atoms with Crippen molar-refractivity contribution in [2.75, 3.05) is 11.5 Å². The number of nitrogens with one attached hydrogen (secondary N) is 2. The van der Waals surface area contributed by atoms with E-state index in [-0.39, 0.29) is 11.9 Å². The highest BCUT2D eigenvalue weighted by atomic mass is 32.2. The molecule has 1 aliphatic heterocycles. The Morgan fingerprint density at radius 3 is 3.14 bits per heavy atom. The van der Waals surface area contributed by atoms with Crippen LogP contribution in [0.25, 0.3) is 0 Å². The van der Waals surface area contributed by atoms with Crippen LogP contribution in [0, 0.1) is 5.92 Å². The summed E-state index contributed by atoms with van der Waals surface area (Å²) >= 11 is 1.87. The summed E-state index contributed by atoms with van der Waals surface area (Å²) < 4.78 is 0. The average molecular weight is 212 g/mol. The largest absolute Gasteiger partial charge is 0.347 e. The number of carbonyl (C=O) groups excluding carboxylic acids is 1. The number of hydrogen-bond acceptors (Lipinski definition) is 4. The predicted molar refractivity (Wildman–Crippen MR) is 54.1 cm³/mol. The van der Waals surface area contributed by atoms with Crippen molar-refractivity contribution < 1.29 is 4.79 Å². The van der Waals surface area contributed by atoms with Gasteiger partial charge in [0.2, 0.25) is 0 Å². The number of rotatable bonds is 2. The van der Waals surface area contributed by atoms with Crippen molar-refractivity contribution in [2.45, 2.75) is 13.0 Å². The van der Waals surface area contributed by atoms with Gasteiger partial charge in [0.15, 0.2) is 5.69 Å². The molecule has 0 aliphatic carbocycles. The molecule has 76 valence electrons. The van der Waals surface area contributed by atoms with Crippen molar-refractivity contribution in [3.8, 4) is 0 Å². The molecule has 14 heavy (non-hydrogen) atoms. The van der Waals surface area contributed by atoms with Crippen LogP contribution in [-0.4, -0.2) is 38.9 Å². The van der Waals surface area contributed by atoms with E-state index in [1.54, 1.807) is 0 Å². The first-order valence-corrected chi connectivity index (χ1v) is 5.67. The lowest BCUT2D eigenvalue weighted by Crippen LogP contribution is -2.38. The number of aromatic nitrogens is 3. The summed E-state index contributed by atoms with van der Waals surface area (Å²) in [4.78, 5) is 11.6. The fraction of sp³-hybridized carbons (Fsp3) is 0.625.